The number of terminal acetylenes is 4. The summed E-state index contributed by atoms with van der Waals surface area (Å²) >= 11 is 0. The van der Waals surface area contributed by atoms with Crippen molar-refractivity contribution in [2.75, 3.05) is 126 Å². The van der Waals surface area contributed by atoms with Crippen LogP contribution in [0.4, 0.5) is 50.7 Å². The Bertz CT molecular complexity index is 5610. The number of piperidine rings is 4. The zero-order valence-electron chi connectivity index (χ0n) is 80.7. The van der Waals surface area contributed by atoms with Gasteiger partial charge in [0.2, 0.25) is 0 Å². The van der Waals surface area contributed by atoms with E-state index in [-0.39, 0.29) is 79.7 Å². The first-order valence-corrected chi connectivity index (χ1v) is 50.8. The third-order valence-electron chi connectivity index (χ3n) is 30.6. The molecule has 740 valence electrons. The number of nitrogens with one attached hydrogen (secondary N) is 5. The van der Waals surface area contributed by atoms with E-state index in [4.69, 9.17) is 58.9 Å². The molecule has 8 aliphatic heterocycles. The van der Waals surface area contributed by atoms with Crippen LogP contribution < -0.4 is 26.6 Å². The molecule has 142 heavy (non-hydrogen) atoms. The predicted molar refractivity (Wildman–Crippen MR) is 541 cm³/mol. The van der Waals surface area contributed by atoms with Gasteiger partial charge in [0.15, 0.2) is 0 Å². The number of rotatable bonds is 20. The number of alkyl halides is 2. The third kappa shape index (κ3) is 25.0. The Kier molecular flexibility index (Phi) is 33.2. The van der Waals surface area contributed by atoms with Gasteiger partial charge in [0.1, 0.15) is 29.6 Å². The summed E-state index contributed by atoms with van der Waals surface area (Å²) in [5.41, 5.74) is 13.1. The number of likely N-dealkylation sites (tertiary alicyclic amines) is 4. The van der Waals surface area contributed by atoms with Gasteiger partial charge in [-0.05, 0) is 261 Å². The maximum Gasteiger partial charge on any atom is 0.411 e. The van der Waals surface area contributed by atoms with Gasteiger partial charge in [-0.1, -0.05) is 122 Å². The maximum absolute atomic E-state index is 15.7. The van der Waals surface area contributed by atoms with E-state index in [0.717, 1.165) is 129 Å². The Balaban J connectivity index is 0.000000130. The molecule has 20 rings (SSSR count). The van der Waals surface area contributed by atoms with Crippen LogP contribution in [0.25, 0.3) is 0 Å². The van der Waals surface area contributed by atoms with Gasteiger partial charge in [0.05, 0.1) is 52.3 Å². The number of benzene rings is 8. The number of nitrogens with zero attached hydrogens (tertiary/aromatic N) is 4. The Morgan fingerprint density at radius 2 is 0.577 bits per heavy atom. The normalized spacial score (nSPS) is 21.0. The monoisotopic (exact) mass is 1920 g/mol. The van der Waals surface area contributed by atoms with E-state index >= 15 is 8.78 Å². The zero-order chi connectivity index (χ0) is 98.6. The van der Waals surface area contributed by atoms with E-state index in [0.29, 0.717) is 222 Å². The minimum atomic E-state index is -1.49. The van der Waals surface area contributed by atoms with Gasteiger partial charge in [-0.25, -0.2) is 28.0 Å². The van der Waals surface area contributed by atoms with Crippen LogP contribution in [-0.2, 0) is 44.5 Å². The van der Waals surface area contributed by atoms with Crippen molar-refractivity contribution in [3.8, 4) is 49.4 Å². The highest BCUT2D eigenvalue weighted by atomic mass is 19.1. The molecule has 8 aromatic carbocycles. The molecular weight excluding hydrogens is 1800 g/mol. The molecule has 0 aromatic heterocycles. The van der Waals surface area contributed by atoms with Crippen molar-refractivity contribution in [3.63, 3.8) is 0 Å². The van der Waals surface area contributed by atoms with E-state index in [1.165, 1.54) is 30.4 Å². The minimum absolute atomic E-state index is 0.000873. The van der Waals surface area contributed by atoms with Gasteiger partial charge in [0, 0.05) is 171 Å². The minimum Gasteiger partial charge on any atom is -0.443 e. The molecule has 0 spiro atoms. The molecule has 8 aromatic rings. The van der Waals surface area contributed by atoms with E-state index in [1.807, 2.05) is 94.7 Å². The Labute approximate surface area is 831 Å². The van der Waals surface area contributed by atoms with Crippen molar-refractivity contribution in [2.24, 2.45) is 0 Å². The van der Waals surface area contributed by atoms with Crippen molar-refractivity contribution in [1.82, 2.24) is 24.9 Å². The highest BCUT2D eigenvalue weighted by Gasteiger charge is 2.42. The first kappa shape index (κ1) is 100. The lowest BCUT2D eigenvalue weighted by molar-refractivity contribution is 0.0412. The van der Waals surface area contributed by atoms with E-state index in [1.54, 1.807) is 70.5 Å². The molecule has 0 radical (unpaired) electrons. The van der Waals surface area contributed by atoms with E-state index in [9.17, 15) is 38.4 Å². The van der Waals surface area contributed by atoms with Gasteiger partial charge in [-0.15, -0.1) is 25.7 Å². The van der Waals surface area contributed by atoms with Crippen molar-refractivity contribution in [1.29, 1.82) is 0 Å². The number of ether oxygens (including phenoxy) is 7. The van der Waals surface area contributed by atoms with Crippen LogP contribution >= 0.6 is 0 Å². The number of anilines is 4. The summed E-state index contributed by atoms with van der Waals surface area (Å²) in [6, 6.07) is 52.5. The Hall–Kier alpha value is -13.3. The maximum atomic E-state index is 15.7. The number of carbonyl (C=O) groups is 8. The molecule has 26 heteroatoms. The summed E-state index contributed by atoms with van der Waals surface area (Å²) in [4.78, 5) is 111. The third-order valence-corrected chi connectivity index (χ3v) is 30.6. The first-order chi connectivity index (χ1) is 69.1. The van der Waals surface area contributed by atoms with Crippen LogP contribution in [0, 0.1) is 49.4 Å². The highest BCUT2D eigenvalue weighted by molar-refractivity contribution is 6.00. The summed E-state index contributed by atoms with van der Waals surface area (Å²) in [6.45, 7) is 8.33. The quantitative estimate of drug-likeness (QED) is 0.0350. The molecule has 0 bridgehead atoms. The van der Waals surface area contributed by atoms with Gasteiger partial charge < -0.3 is 63.4 Å². The van der Waals surface area contributed by atoms with Crippen molar-refractivity contribution in [2.45, 2.75) is 225 Å². The Morgan fingerprint density at radius 3 is 0.831 bits per heavy atom. The standard InChI is InChI=1S/C29H32FN3O3.C29H31FN2O4.2C29H32N2O4/c1-2-20-6-9-23(10-7-20)29(30)13-15-33(16-14-29)27(34)22-8-11-25(21-4-3-5-21)26(18-22)32-28(35)31-24-12-17-36-19-24;1-2-20-6-9-23(10-7-20)29(30)13-15-32(16-14-29)27(33)22-8-11-25(21-4-3-5-21)26(18-22)31-28(34)36-24-12-17-35-19-24;2*1-2-20-6-8-21(9-7-20)22-12-15-31(16-13-22)28(32)24-10-11-26(23-4-3-5-23)27(18-24)30-29(33)35-25-14-17-34-19-25/h1,6-11,18,21,24H,3-5,12-17,19H2,(H2,31,32,35);1,6-11,18,21,24H,3-5,12-17,19H2,(H,31,34);2*1,6-11,18,22-23,25H,3-5,12-17,19H2,(H,30,33)/t2*24-;2*25-/m1010/s1. The van der Waals surface area contributed by atoms with Crippen LogP contribution in [0.15, 0.2) is 170 Å². The van der Waals surface area contributed by atoms with Crippen molar-refractivity contribution >= 4 is 70.7 Å². The van der Waals surface area contributed by atoms with Gasteiger partial charge >= 0.3 is 24.3 Å². The summed E-state index contributed by atoms with van der Waals surface area (Å²) < 4.78 is 69.1. The zero-order valence-corrected chi connectivity index (χ0v) is 80.7. The molecule has 8 heterocycles. The van der Waals surface area contributed by atoms with Crippen LogP contribution in [0.2, 0.25) is 0 Å². The number of hydrogen-bond donors (Lipinski definition) is 5. The lowest BCUT2D eigenvalue weighted by atomic mass is 9.79. The van der Waals surface area contributed by atoms with Gasteiger partial charge in [0.25, 0.3) is 23.6 Å². The fourth-order valence-electron chi connectivity index (χ4n) is 20.9. The second-order valence-electron chi connectivity index (χ2n) is 39.6. The fourth-order valence-corrected chi connectivity index (χ4v) is 20.9. The number of hydrogen-bond acceptors (Lipinski definition) is 15. The second-order valence-corrected chi connectivity index (χ2v) is 39.6. The first-order valence-electron chi connectivity index (χ1n) is 50.8. The van der Waals surface area contributed by atoms with Gasteiger partial charge in [-0.3, -0.25) is 35.1 Å². The van der Waals surface area contributed by atoms with Crippen LogP contribution in [0.1, 0.15) is 298 Å². The molecule has 4 saturated carbocycles. The molecular formula is C116H127F2N9O15. The number of urea groups is 1. The highest BCUT2D eigenvalue weighted by Crippen LogP contribution is 2.47. The van der Waals surface area contributed by atoms with E-state index in [2.05, 4.69) is 74.5 Å². The number of carbonyl (C=O) groups excluding carboxylic acids is 8. The summed E-state index contributed by atoms with van der Waals surface area (Å²) in [7, 11) is 0. The molecule has 4 aliphatic carbocycles. The molecule has 24 nitrogen and oxygen atoms in total. The van der Waals surface area contributed by atoms with Crippen LogP contribution in [-0.4, -0.2) is 197 Å². The van der Waals surface area contributed by atoms with Crippen LogP contribution in [0.5, 0.6) is 0 Å². The average Bonchev–Trinajstić information content (AvgIpc) is 0.913. The fraction of sp³-hybridized carbons (Fsp3) is 0.448. The molecule has 0 unspecified atom stereocenters. The predicted octanol–water partition coefficient (Wildman–Crippen LogP) is 20.9. The molecule has 9 amide bonds. The molecule has 5 N–H and O–H groups in total. The topological polar surface area (TPSA) is 274 Å². The smallest absolute Gasteiger partial charge is 0.411 e. The lowest BCUT2D eigenvalue weighted by Gasteiger charge is -2.37. The molecule has 12 aliphatic rings. The number of amides is 9. The number of halogens is 2. The van der Waals surface area contributed by atoms with Gasteiger partial charge in [-0.2, -0.15) is 0 Å². The molecule has 4 atom stereocenters. The summed E-state index contributed by atoms with van der Waals surface area (Å²) in [5, 5.41) is 14.6. The average molecular weight is 1930 g/mol. The van der Waals surface area contributed by atoms with Crippen molar-refractivity contribution in [3.05, 3.63) is 259 Å². The largest absolute Gasteiger partial charge is 0.443 e. The molecule has 8 saturated heterocycles. The summed E-state index contributed by atoms with van der Waals surface area (Å²) in [5.74, 6) is 12.6. The summed E-state index contributed by atoms with van der Waals surface area (Å²) in [6.07, 6.45) is 40.4. The second kappa shape index (κ2) is 47.0. The molecule has 12 fully saturated rings. The Morgan fingerprint density at radius 1 is 0.310 bits per heavy atom. The van der Waals surface area contributed by atoms with Crippen molar-refractivity contribution < 1.29 is 80.3 Å². The van der Waals surface area contributed by atoms with E-state index < -0.39 is 29.6 Å². The SMILES string of the molecule is C#Cc1ccc(C2(F)CCN(C(=O)c3ccc(C4CCC4)c(NC(=O)N[C@@H]4CCOC4)c3)CC2)cc1.C#Cc1ccc(C2(F)CCN(C(=O)c3ccc(C4CCC4)c(NC(=O)O[C@H]4CCOC4)c3)CC2)cc1.C#Cc1ccc(C2CCN(C(=O)c3ccc(C4CCC4)c(NC(=O)O[C@@H]4CCOC4)c3)CC2)cc1.C#Cc1ccc(C2CCN(C(=O)c3ccc(C4CCC4)c(NC(=O)O[C@H]4CCOC4)c3)CC2)cc1. The lowest BCUT2D eigenvalue weighted by Crippen LogP contribution is -2.43. The van der Waals surface area contributed by atoms with Crippen LogP contribution in [0.3, 0.4) is 0 Å².